The molecule has 1 aliphatic carbocycles. The standard InChI is InChI=1S/C21H21BrN4O6/c1-10-13(22)5-4-12-17(10)26(11-2-3-11)20(28)16-18(12)32-15(24-16)8-23-19(27)14-9-31-7-6-25(14)21(29)30/h4-5,11,14H,2-3,6-9H2,1H3,(H,23,27)(H,29,30). The fourth-order valence-electron chi connectivity index (χ4n) is 4.16. The van der Waals surface area contributed by atoms with Crippen molar-refractivity contribution < 1.29 is 23.8 Å². The van der Waals surface area contributed by atoms with Gasteiger partial charge < -0.3 is 24.1 Å². The predicted molar refractivity (Wildman–Crippen MR) is 118 cm³/mol. The van der Waals surface area contributed by atoms with Crippen LogP contribution in [0, 0.1) is 6.92 Å². The summed E-state index contributed by atoms with van der Waals surface area (Å²) in [4.78, 5) is 42.6. The number of amides is 2. The van der Waals surface area contributed by atoms with Gasteiger partial charge in [0, 0.05) is 22.4 Å². The average molecular weight is 505 g/mol. The molecule has 2 fully saturated rings. The second-order valence-electron chi connectivity index (χ2n) is 8.04. The first-order valence-corrected chi connectivity index (χ1v) is 11.1. The van der Waals surface area contributed by atoms with Crippen molar-refractivity contribution in [1.82, 2.24) is 19.8 Å². The lowest BCUT2D eigenvalue weighted by Gasteiger charge is -2.32. The third-order valence-corrected chi connectivity index (χ3v) is 6.81. The first-order chi connectivity index (χ1) is 15.4. The minimum atomic E-state index is -1.18. The molecule has 1 saturated carbocycles. The number of fused-ring (bicyclic) bond motifs is 3. The number of carbonyl (C=O) groups excluding carboxylic acids is 1. The molecule has 10 nitrogen and oxygen atoms in total. The molecule has 32 heavy (non-hydrogen) atoms. The molecule has 2 amide bonds. The van der Waals surface area contributed by atoms with Crippen molar-refractivity contribution in [2.24, 2.45) is 0 Å². The molecule has 2 aromatic heterocycles. The Morgan fingerprint density at radius 1 is 1.34 bits per heavy atom. The highest BCUT2D eigenvalue weighted by atomic mass is 79.9. The average Bonchev–Trinajstić information content (AvgIpc) is 3.52. The van der Waals surface area contributed by atoms with Gasteiger partial charge in [0.05, 0.1) is 25.3 Å². The molecule has 11 heteroatoms. The van der Waals surface area contributed by atoms with Crippen molar-refractivity contribution in [3.8, 4) is 0 Å². The van der Waals surface area contributed by atoms with Crippen LogP contribution in [-0.4, -0.2) is 57.4 Å². The van der Waals surface area contributed by atoms with Gasteiger partial charge in [-0.15, -0.1) is 0 Å². The van der Waals surface area contributed by atoms with E-state index in [9.17, 15) is 19.5 Å². The minimum Gasteiger partial charge on any atom is -0.465 e. The van der Waals surface area contributed by atoms with Gasteiger partial charge in [-0.05, 0) is 37.5 Å². The fraction of sp³-hybridized carbons (Fsp3) is 0.429. The smallest absolute Gasteiger partial charge is 0.408 e. The monoisotopic (exact) mass is 504 g/mol. The molecule has 1 aromatic carbocycles. The summed E-state index contributed by atoms with van der Waals surface area (Å²) in [5.41, 5.74) is 2.17. The molecule has 0 spiro atoms. The van der Waals surface area contributed by atoms with E-state index in [0.717, 1.165) is 38.7 Å². The molecular weight excluding hydrogens is 484 g/mol. The van der Waals surface area contributed by atoms with E-state index in [2.05, 4.69) is 26.2 Å². The molecule has 2 aliphatic rings. The fourth-order valence-corrected chi connectivity index (χ4v) is 4.48. The number of pyridine rings is 1. The summed E-state index contributed by atoms with van der Waals surface area (Å²) in [7, 11) is 0. The van der Waals surface area contributed by atoms with Crippen LogP contribution >= 0.6 is 15.9 Å². The Bertz CT molecular complexity index is 1310. The van der Waals surface area contributed by atoms with E-state index in [1.54, 1.807) is 4.57 Å². The summed E-state index contributed by atoms with van der Waals surface area (Å²) in [6, 6.07) is 3.01. The second-order valence-corrected chi connectivity index (χ2v) is 8.90. The van der Waals surface area contributed by atoms with Crippen molar-refractivity contribution in [3.63, 3.8) is 0 Å². The van der Waals surface area contributed by atoms with E-state index in [1.165, 1.54) is 0 Å². The number of hydrogen-bond acceptors (Lipinski definition) is 6. The highest BCUT2D eigenvalue weighted by Gasteiger charge is 2.33. The van der Waals surface area contributed by atoms with Crippen molar-refractivity contribution in [1.29, 1.82) is 0 Å². The Morgan fingerprint density at radius 2 is 2.12 bits per heavy atom. The number of hydrogen-bond donors (Lipinski definition) is 2. The number of benzene rings is 1. The van der Waals surface area contributed by atoms with Gasteiger partial charge in [-0.25, -0.2) is 9.78 Å². The van der Waals surface area contributed by atoms with Crippen molar-refractivity contribution >= 4 is 49.9 Å². The summed E-state index contributed by atoms with van der Waals surface area (Å²) >= 11 is 3.54. The molecule has 1 aliphatic heterocycles. The highest BCUT2D eigenvalue weighted by molar-refractivity contribution is 9.10. The van der Waals surface area contributed by atoms with Crippen molar-refractivity contribution in [3.05, 3.63) is 38.4 Å². The number of aromatic nitrogens is 2. The van der Waals surface area contributed by atoms with Gasteiger partial charge in [0.1, 0.15) is 6.04 Å². The number of oxazole rings is 1. The molecule has 3 heterocycles. The SMILES string of the molecule is Cc1c(Br)ccc2c3oc(CNC(=O)C4COCCN4C(=O)O)nc3c(=O)n(C3CC3)c12. The molecule has 168 valence electrons. The van der Waals surface area contributed by atoms with Crippen LogP contribution in [0.2, 0.25) is 0 Å². The second kappa shape index (κ2) is 7.89. The Morgan fingerprint density at radius 3 is 2.84 bits per heavy atom. The van der Waals surface area contributed by atoms with E-state index < -0.39 is 18.0 Å². The maximum absolute atomic E-state index is 13.3. The number of ether oxygens (including phenoxy) is 1. The Kier molecular flexibility index (Phi) is 5.17. The lowest BCUT2D eigenvalue weighted by Crippen LogP contribution is -2.55. The van der Waals surface area contributed by atoms with E-state index in [-0.39, 0.29) is 49.3 Å². The Labute approximate surface area is 190 Å². The maximum atomic E-state index is 13.3. The largest absolute Gasteiger partial charge is 0.465 e. The first-order valence-electron chi connectivity index (χ1n) is 10.3. The van der Waals surface area contributed by atoms with Gasteiger partial charge in [-0.1, -0.05) is 15.9 Å². The van der Waals surface area contributed by atoms with Crippen molar-refractivity contribution in [2.45, 2.75) is 38.4 Å². The van der Waals surface area contributed by atoms with Crippen LogP contribution < -0.4 is 10.9 Å². The quantitative estimate of drug-likeness (QED) is 0.558. The predicted octanol–water partition coefficient (Wildman–Crippen LogP) is 2.54. The molecule has 0 bridgehead atoms. The molecular formula is C21H21BrN4O6. The topological polar surface area (TPSA) is 127 Å². The number of carbonyl (C=O) groups is 2. The lowest BCUT2D eigenvalue weighted by molar-refractivity contribution is -0.131. The molecule has 1 unspecified atom stereocenters. The maximum Gasteiger partial charge on any atom is 0.408 e. The van der Waals surface area contributed by atoms with Crippen LogP contribution in [0.3, 0.4) is 0 Å². The highest BCUT2D eigenvalue weighted by Crippen LogP contribution is 2.39. The number of carboxylic acid groups (broad SMARTS) is 1. The summed E-state index contributed by atoms with van der Waals surface area (Å²) < 4.78 is 13.9. The summed E-state index contributed by atoms with van der Waals surface area (Å²) in [5, 5.41) is 12.7. The number of nitrogens with one attached hydrogen (secondary N) is 1. The summed E-state index contributed by atoms with van der Waals surface area (Å²) in [5.74, 6) is -0.325. The molecule has 2 N–H and O–H groups in total. The van der Waals surface area contributed by atoms with Crippen LogP contribution in [0.15, 0.2) is 25.8 Å². The van der Waals surface area contributed by atoms with Gasteiger partial charge in [0.25, 0.3) is 5.56 Å². The van der Waals surface area contributed by atoms with E-state index in [0.29, 0.717) is 5.58 Å². The Balaban J connectivity index is 1.49. The van der Waals surface area contributed by atoms with Crippen LogP contribution in [0.25, 0.3) is 22.0 Å². The molecule has 1 atom stereocenters. The van der Waals surface area contributed by atoms with Crippen LogP contribution in [0.1, 0.15) is 30.3 Å². The number of nitrogens with zero attached hydrogens (tertiary/aromatic N) is 3. The van der Waals surface area contributed by atoms with Crippen LogP contribution in [0.4, 0.5) is 4.79 Å². The van der Waals surface area contributed by atoms with Crippen LogP contribution in [0.5, 0.6) is 0 Å². The van der Waals surface area contributed by atoms with E-state index >= 15 is 0 Å². The van der Waals surface area contributed by atoms with Crippen LogP contribution in [-0.2, 0) is 16.1 Å². The van der Waals surface area contributed by atoms with E-state index in [4.69, 9.17) is 9.15 Å². The minimum absolute atomic E-state index is 0.0173. The van der Waals surface area contributed by atoms with Gasteiger partial charge >= 0.3 is 6.09 Å². The lowest BCUT2D eigenvalue weighted by atomic mass is 10.1. The zero-order chi connectivity index (χ0) is 22.6. The number of aryl methyl sites for hydroxylation is 1. The van der Waals surface area contributed by atoms with E-state index in [1.807, 2.05) is 19.1 Å². The van der Waals surface area contributed by atoms with Gasteiger partial charge in [-0.2, -0.15) is 0 Å². The normalized spacial score (nSPS) is 18.9. The number of rotatable bonds is 4. The zero-order valence-electron chi connectivity index (χ0n) is 17.3. The third-order valence-electron chi connectivity index (χ3n) is 5.95. The van der Waals surface area contributed by atoms with Gasteiger partial charge in [0.15, 0.2) is 11.1 Å². The summed E-state index contributed by atoms with van der Waals surface area (Å²) in [6.07, 6.45) is 0.706. The number of halogens is 1. The molecule has 0 radical (unpaired) electrons. The first kappa shape index (κ1) is 21.0. The third kappa shape index (κ3) is 3.45. The Hall–Kier alpha value is -2.92. The summed E-state index contributed by atoms with van der Waals surface area (Å²) in [6.45, 7) is 2.23. The molecule has 5 rings (SSSR count). The number of morpholine rings is 1. The van der Waals surface area contributed by atoms with Gasteiger partial charge in [-0.3, -0.25) is 14.5 Å². The van der Waals surface area contributed by atoms with Crippen molar-refractivity contribution in [2.75, 3.05) is 19.8 Å². The van der Waals surface area contributed by atoms with Gasteiger partial charge in [0.2, 0.25) is 11.8 Å². The molecule has 3 aromatic rings. The zero-order valence-corrected chi connectivity index (χ0v) is 18.8. The molecule has 1 saturated heterocycles.